The van der Waals surface area contributed by atoms with Crippen LogP contribution < -0.4 is 0 Å². The van der Waals surface area contributed by atoms with E-state index in [-0.39, 0.29) is 0 Å². The Bertz CT molecular complexity index is 165. The Morgan fingerprint density at radius 3 is 2.42 bits per heavy atom. The normalized spacial score (nSPS) is 36.8. The third-order valence-electron chi connectivity index (χ3n) is 3.79. The van der Waals surface area contributed by atoms with Gasteiger partial charge in [-0.05, 0) is 27.8 Å². The lowest BCUT2D eigenvalue weighted by molar-refractivity contribution is -0.958. The van der Waals surface area contributed by atoms with Gasteiger partial charge in [0, 0.05) is 6.54 Å². The van der Waals surface area contributed by atoms with Crippen LogP contribution in [0.5, 0.6) is 0 Å². The van der Waals surface area contributed by atoms with Gasteiger partial charge >= 0.3 is 0 Å². The lowest BCUT2D eigenvalue weighted by Gasteiger charge is -2.52. The lowest BCUT2D eigenvalue weighted by atomic mass is 9.96. The second-order valence-corrected chi connectivity index (χ2v) is 4.99. The summed E-state index contributed by atoms with van der Waals surface area (Å²) in [6.45, 7) is 12.1. The molecule has 12 heavy (non-hydrogen) atoms. The van der Waals surface area contributed by atoms with E-state index < -0.39 is 0 Å². The first kappa shape index (κ1) is 10.0. The molecule has 1 unspecified atom stereocenters. The second-order valence-electron chi connectivity index (χ2n) is 4.99. The molecule has 0 bridgehead atoms. The van der Waals surface area contributed by atoms with Crippen molar-refractivity contribution in [2.24, 2.45) is 0 Å². The summed E-state index contributed by atoms with van der Waals surface area (Å²) in [6.07, 6.45) is 0. The van der Waals surface area contributed by atoms with Gasteiger partial charge in [-0.3, -0.25) is 4.90 Å². The molecule has 0 aliphatic carbocycles. The van der Waals surface area contributed by atoms with E-state index in [4.69, 9.17) is 0 Å². The van der Waals surface area contributed by atoms with Crippen LogP contribution in [-0.2, 0) is 0 Å². The third kappa shape index (κ3) is 1.50. The summed E-state index contributed by atoms with van der Waals surface area (Å²) in [5.41, 5.74) is 0.418. The zero-order valence-electron chi connectivity index (χ0n) is 9.22. The van der Waals surface area contributed by atoms with E-state index >= 15 is 0 Å². The van der Waals surface area contributed by atoms with Crippen LogP contribution in [0.3, 0.4) is 0 Å². The molecule has 0 radical (unpaired) electrons. The fraction of sp³-hybridized carbons (Fsp3) is 1.00. The molecule has 1 aliphatic heterocycles. The van der Waals surface area contributed by atoms with Gasteiger partial charge in [-0.2, -0.15) is 0 Å². The van der Waals surface area contributed by atoms with Gasteiger partial charge in [-0.1, -0.05) is 0 Å². The Balaban J connectivity index is 2.77. The quantitative estimate of drug-likeness (QED) is 0.535. The number of rotatable bonds is 1. The first-order chi connectivity index (χ1) is 5.41. The Hall–Kier alpha value is -0.0800. The summed E-state index contributed by atoms with van der Waals surface area (Å²) < 4.78 is 1.22. The summed E-state index contributed by atoms with van der Waals surface area (Å²) >= 11 is 0. The van der Waals surface area contributed by atoms with Gasteiger partial charge in [0.15, 0.2) is 0 Å². The summed E-state index contributed by atoms with van der Waals surface area (Å²) in [4.78, 5) is 2.44. The molecular formula is C10H23N2+. The average Bonchev–Trinajstić information content (AvgIpc) is 1.97. The number of nitrogens with zero attached hydrogens (tertiary/aromatic N) is 2. The molecule has 1 saturated heterocycles. The van der Waals surface area contributed by atoms with Crippen LogP contribution in [0.1, 0.15) is 20.8 Å². The predicted molar refractivity (Wildman–Crippen MR) is 53.2 cm³/mol. The number of hydrogen-bond donors (Lipinski definition) is 0. The highest BCUT2D eigenvalue weighted by Crippen LogP contribution is 2.26. The van der Waals surface area contributed by atoms with Crippen molar-refractivity contribution in [2.45, 2.75) is 26.3 Å². The van der Waals surface area contributed by atoms with Gasteiger partial charge in [0.25, 0.3) is 0 Å². The van der Waals surface area contributed by atoms with Crippen LogP contribution in [0, 0.1) is 0 Å². The van der Waals surface area contributed by atoms with E-state index in [0.29, 0.717) is 5.54 Å². The zero-order chi connectivity index (χ0) is 9.41. The average molecular weight is 171 g/mol. The molecule has 0 amide bonds. The fourth-order valence-electron chi connectivity index (χ4n) is 2.19. The highest BCUT2D eigenvalue weighted by atomic mass is 15.4. The number of hydrogen-bond acceptors (Lipinski definition) is 1. The maximum absolute atomic E-state index is 2.44. The molecule has 0 aromatic heterocycles. The minimum absolute atomic E-state index is 0.418. The van der Waals surface area contributed by atoms with Gasteiger partial charge < -0.3 is 4.48 Å². The van der Waals surface area contributed by atoms with Gasteiger partial charge in [0.2, 0.25) is 0 Å². The van der Waals surface area contributed by atoms with E-state index in [1.807, 2.05) is 0 Å². The molecule has 2 nitrogen and oxygen atoms in total. The first-order valence-electron chi connectivity index (χ1n) is 4.94. The molecule has 0 saturated carbocycles. The Labute approximate surface area is 76.7 Å². The molecule has 1 rings (SSSR count). The smallest absolute Gasteiger partial charge is 0.106 e. The van der Waals surface area contributed by atoms with Crippen LogP contribution in [0.2, 0.25) is 0 Å². The first-order valence-corrected chi connectivity index (χ1v) is 4.94. The molecule has 1 heterocycles. The van der Waals surface area contributed by atoms with Crippen LogP contribution in [0.4, 0.5) is 0 Å². The van der Waals surface area contributed by atoms with Crippen LogP contribution in [0.25, 0.3) is 0 Å². The van der Waals surface area contributed by atoms with Crippen molar-refractivity contribution in [3.05, 3.63) is 0 Å². The van der Waals surface area contributed by atoms with E-state index in [9.17, 15) is 0 Å². The van der Waals surface area contributed by atoms with E-state index in [1.54, 1.807) is 0 Å². The summed E-state index contributed by atoms with van der Waals surface area (Å²) in [5.74, 6) is 0. The lowest BCUT2D eigenvalue weighted by Crippen LogP contribution is -2.68. The highest BCUT2D eigenvalue weighted by Gasteiger charge is 2.42. The molecule has 0 aromatic carbocycles. The van der Waals surface area contributed by atoms with Gasteiger partial charge in [0.1, 0.15) is 5.54 Å². The van der Waals surface area contributed by atoms with Gasteiger partial charge in [-0.15, -0.1) is 0 Å². The standard InChI is InChI=1S/C10H23N2/c1-6-12(5)8-7-11(4)9-10(12,2)3/h6-9H2,1-5H3/q+1. The Morgan fingerprint density at radius 2 is 2.00 bits per heavy atom. The monoisotopic (exact) mass is 171 g/mol. The Morgan fingerprint density at radius 1 is 1.42 bits per heavy atom. The number of piperazine rings is 1. The van der Waals surface area contributed by atoms with Gasteiger partial charge in [-0.25, -0.2) is 0 Å². The van der Waals surface area contributed by atoms with Crippen LogP contribution >= 0.6 is 0 Å². The summed E-state index contributed by atoms with van der Waals surface area (Å²) in [6, 6.07) is 0. The van der Waals surface area contributed by atoms with Crippen molar-refractivity contribution in [1.82, 2.24) is 4.90 Å². The van der Waals surface area contributed by atoms with Crippen molar-refractivity contribution >= 4 is 0 Å². The van der Waals surface area contributed by atoms with Crippen LogP contribution in [0.15, 0.2) is 0 Å². The summed E-state index contributed by atoms with van der Waals surface area (Å²) in [5, 5.41) is 0. The fourth-order valence-corrected chi connectivity index (χ4v) is 2.19. The third-order valence-corrected chi connectivity index (χ3v) is 3.79. The molecule has 0 N–H and O–H groups in total. The zero-order valence-corrected chi connectivity index (χ0v) is 9.22. The molecule has 1 atom stereocenters. The maximum Gasteiger partial charge on any atom is 0.106 e. The van der Waals surface area contributed by atoms with Gasteiger partial charge in [0.05, 0.1) is 26.7 Å². The molecule has 0 aromatic rings. The molecule has 72 valence electrons. The van der Waals surface area contributed by atoms with E-state index in [2.05, 4.69) is 39.8 Å². The number of quaternary nitrogens is 1. The molecule has 1 fully saturated rings. The highest BCUT2D eigenvalue weighted by molar-refractivity contribution is 4.78. The van der Waals surface area contributed by atoms with Crippen molar-refractivity contribution in [3.63, 3.8) is 0 Å². The molecule has 1 aliphatic rings. The SMILES string of the molecule is CC[N+]1(C)CCN(C)CC1(C)C. The number of likely N-dealkylation sites (N-methyl/N-ethyl adjacent to an activating group) is 2. The van der Waals surface area contributed by atoms with E-state index in [0.717, 1.165) is 0 Å². The minimum Gasteiger partial charge on any atom is -0.320 e. The minimum atomic E-state index is 0.418. The Kier molecular flexibility index (Phi) is 2.50. The molecule has 2 heteroatoms. The van der Waals surface area contributed by atoms with Crippen LogP contribution in [-0.4, -0.2) is 55.2 Å². The van der Waals surface area contributed by atoms with Crippen molar-refractivity contribution in [1.29, 1.82) is 0 Å². The predicted octanol–water partition coefficient (Wildman–Crippen LogP) is 1.18. The molecule has 0 spiro atoms. The summed E-state index contributed by atoms with van der Waals surface area (Å²) in [7, 11) is 4.61. The second kappa shape index (κ2) is 3.00. The van der Waals surface area contributed by atoms with Crippen molar-refractivity contribution in [3.8, 4) is 0 Å². The largest absolute Gasteiger partial charge is 0.320 e. The topological polar surface area (TPSA) is 3.24 Å². The molecular weight excluding hydrogens is 148 g/mol. The van der Waals surface area contributed by atoms with Crippen molar-refractivity contribution in [2.75, 3.05) is 40.3 Å². The van der Waals surface area contributed by atoms with E-state index in [1.165, 1.54) is 30.7 Å². The maximum atomic E-state index is 2.44. The van der Waals surface area contributed by atoms with Crippen molar-refractivity contribution < 1.29 is 4.48 Å².